The number of morpholine rings is 1. The number of nitrogens with zero attached hydrogens (tertiary/aromatic N) is 3. The third kappa shape index (κ3) is 5.51. The lowest BCUT2D eigenvalue weighted by atomic mass is 10.1. The van der Waals surface area contributed by atoms with Gasteiger partial charge in [-0.25, -0.2) is 0 Å². The zero-order valence-corrected chi connectivity index (χ0v) is 18.0. The molecular weight excluding hydrogens is 406 g/mol. The van der Waals surface area contributed by atoms with Gasteiger partial charge >= 0.3 is 0 Å². The van der Waals surface area contributed by atoms with Gasteiger partial charge in [0.2, 0.25) is 5.91 Å². The number of anilines is 1. The van der Waals surface area contributed by atoms with E-state index >= 15 is 0 Å². The summed E-state index contributed by atoms with van der Waals surface area (Å²) in [4.78, 5) is 14.6. The van der Waals surface area contributed by atoms with Crippen molar-refractivity contribution in [3.8, 4) is 17.0 Å². The lowest BCUT2D eigenvalue weighted by Crippen LogP contribution is -2.38. The molecule has 9 heteroatoms. The van der Waals surface area contributed by atoms with Crippen LogP contribution in [0.4, 0.5) is 5.69 Å². The van der Waals surface area contributed by atoms with Gasteiger partial charge in [-0.15, -0.1) is 0 Å². The number of amides is 1. The average Bonchev–Trinajstić information content (AvgIpc) is 3.52. The zero-order chi connectivity index (χ0) is 20.9. The van der Waals surface area contributed by atoms with Crippen LogP contribution in [-0.2, 0) is 16.6 Å². The first-order valence-electron chi connectivity index (χ1n) is 10.4. The number of carbonyl (C=O) groups excluding carboxylic acids is 1. The molecule has 1 amide bonds. The van der Waals surface area contributed by atoms with E-state index in [2.05, 4.69) is 20.6 Å². The van der Waals surface area contributed by atoms with Crippen LogP contribution in [0.1, 0.15) is 12.8 Å². The fourth-order valence-corrected chi connectivity index (χ4v) is 3.74. The second-order valence-electron chi connectivity index (χ2n) is 7.68. The topological polar surface area (TPSA) is 80.7 Å². The van der Waals surface area contributed by atoms with Crippen LogP contribution in [0, 0.1) is 0 Å². The van der Waals surface area contributed by atoms with Crippen LogP contribution in [0.2, 0.25) is 5.02 Å². The van der Waals surface area contributed by atoms with Crippen molar-refractivity contribution in [3.63, 3.8) is 0 Å². The van der Waals surface area contributed by atoms with E-state index in [4.69, 9.17) is 21.1 Å². The van der Waals surface area contributed by atoms with E-state index in [0.717, 1.165) is 56.9 Å². The Bertz CT molecular complexity index is 858. The molecule has 0 unspecified atom stereocenters. The fourth-order valence-electron chi connectivity index (χ4n) is 3.47. The van der Waals surface area contributed by atoms with Gasteiger partial charge in [-0.1, -0.05) is 11.6 Å². The van der Waals surface area contributed by atoms with Crippen LogP contribution < -0.4 is 15.4 Å². The standard InChI is InChI=1S/C21H28ClN5O3/c1-26-21(18(22)13-24-26)17-12-16(25-20(28)14-23-15-2-3-15)4-5-19(17)30-11-8-27-6-9-29-10-7-27/h4-5,12-13,15,23H,2-3,6-11,14H2,1H3,(H,25,28). The van der Waals surface area contributed by atoms with Crippen molar-refractivity contribution in [1.29, 1.82) is 0 Å². The summed E-state index contributed by atoms with van der Waals surface area (Å²) >= 11 is 6.40. The monoisotopic (exact) mass is 433 g/mol. The molecule has 0 atom stereocenters. The highest BCUT2D eigenvalue weighted by Gasteiger charge is 2.21. The third-order valence-electron chi connectivity index (χ3n) is 5.31. The molecule has 162 valence electrons. The molecule has 1 aromatic carbocycles. The highest BCUT2D eigenvalue weighted by molar-refractivity contribution is 6.33. The molecule has 2 heterocycles. The third-order valence-corrected chi connectivity index (χ3v) is 5.59. The van der Waals surface area contributed by atoms with Crippen molar-refractivity contribution >= 4 is 23.2 Å². The van der Waals surface area contributed by atoms with E-state index in [1.807, 2.05) is 25.2 Å². The van der Waals surface area contributed by atoms with Gasteiger partial charge in [0.1, 0.15) is 12.4 Å². The van der Waals surface area contributed by atoms with Crippen molar-refractivity contribution in [1.82, 2.24) is 20.0 Å². The summed E-state index contributed by atoms with van der Waals surface area (Å²) in [6, 6.07) is 6.11. The number of rotatable bonds is 9. The van der Waals surface area contributed by atoms with E-state index in [9.17, 15) is 4.79 Å². The summed E-state index contributed by atoms with van der Waals surface area (Å²) in [7, 11) is 1.84. The van der Waals surface area contributed by atoms with Gasteiger partial charge < -0.3 is 20.1 Å². The summed E-state index contributed by atoms with van der Waals surface area (Å²) in [5.41, 5.74) is 2.26. The largest absolute Gasteiger partial charge is 0.492 e. The minimum atomic E-state index is -0.0649. The summed E-state index contributed by atoms with van der Waals surface area (Å²) in [6.07, 6.45) is 3.90. The molecule has 0 bridgehead atoms. The Hall–Kier alpha value is -2.13. The van der Waals surface area contributed by atoms with Crippen LogP contribution in [0.5, 0.6) is 5.75 Å². The van der Waals surface area contributed by atoms with Crippen molar-refractivity contribution in [2.45, 2.75) is 18.9 Å². The molecule has 30 heavy (non-hydrogen) atoms. The number of nitrogens with one attached hydrogen (secondary N) is 2. The molecule has 2 aliphatic rings. The Morgan fingerprint density at radius 3 is 2.83 bits per heavy atom. The predicted octanol–water partition coefficient (Wildman–Crippen LogP) is 2.14. The molecule has 1 aliphatic carbocycles. The van der Waals surface area contributed by atoms with Crippen LogP contribution in [-0.4, -0.2) is 72.6 Å². The predicted molar refractivity (Wildman–Crippen MR) is 116 cm³/mol. The molecule has 2 N–H and O–H groups in total. The Morgan fingerprint density at radius 2 is 2.13 bits per heavy atom. The Labute approximate surface area is 181 Å². The van der Waals surface area contributed by atoms with Crippen LogP contribution in [0.15, 0.2) is 24.4 Å². The maximum atomic E-state index is 12.2. The fraction of sp³-hybridized carbons (Fsp3) is 0.524. The first-order valence-corrected chi connectivity index (χ1v) is 10.8. The summed E-state index contributed by atoms with van der Waals surface area (Å²) in [6.45, 7) is 5.06. The molecule has 4 rings (SSSR count). The lowest BCUT2D eigenvalue weighted by molar-refractivity contribution is -0.115. The van der Waals surface area contributed by atoms with E-state index in [-0.39, 0.29) is 5.91 Å². The van der Waals surface area contributed by atoms with Crippen molar-refractivity contribution in [2.75, 3.05) is 51.3 Å². The van der Waals surface area contributed by atoms with E-state index in [1.165, 1.54) is 0 Å². The first-order chi connectivity index (χ1) is 14.6. The number of ether oxygens (including phenoxy) is 2. The van der Waals surface area contributed by atoms with Crippen LogP contribution >= 0.6 is 11.6 Å². The number of aromatic nitrogens is 2. The Kier molecular flexibility index (Phi) is 6.89. The highest BCUT2D eigenvalue weighted by Crippen LogP contribution is 2.36. The maximum absolute atomic E-state index is 12.2. The molecule has 2 fully saturated rings. The number of halogens is 1. The van der Waals surface area contributed by atoms with E-state index < -0.39 is 0 Å². The Balaban J connectivity index is 1.47. The second kappa shape index (κ2) is 9.78. The van der Waals surface area contributed by atoms with Gasteiger partial charge in [-0.3, -0.25) is 14.4 Å². The minimum absolute atomic E-state index is 0.0649. The van der Waals surface area contributed by atoms with E-state index in [0.29, 0.717) is 35.7 Å². The number of hydrogen-bond acceptors (Lipinski definition) is 6. The summed E-state index contributed by atoms with van der Waals surface area (Å²) < 4.78 is 13.2. The van der Waals surface area contributed by atoms with Crippen molar-refractivity contribution < 1.29 is 14.3 Å². The maximum Gasteiger partial charge on any atom is 0.238 e. The van der Waals surface area contributed by atoms with E-state index in [1.54, 1.807) is 10.9 Å². The Morgan fingerprint density at radius 1 is 1.33 bits per heavy atom. The van der Waals surface area contributed by atoms with Crippen LogP contribution in [0.3, 0.4) is 0 Å². The molecule has 1 saturated heterocycles. The lowest BCUT2D eigenvalue weighted by Gasteiger charge is -2.26. The molecule has 8 nitrogen and oxygen atoms in total. The van der Waals surface area contributed by atoms with Gasteiger partial charge in [0.15, 0.2) is 0 Å². The number of hydrogen-bond donors (Lipinski definition) is 2. The van der Waals surface area contributed by atoms with Gasteiger partial charge in [0.05, 0.1) is 36.7 Å². The molecule has 1 aliphatic heterocycles. The molecule has 0 radical (unpaired) electrons. The number of aryl methyl sites for hydroxylation is 1. The minimum Gasteiger partial charge on any atom is -0.492 e. The van der Waals surface area contributed by atoms with Gasteiger partial charge in [0, 0.05) is 44.0 Å². The second-order valence-corrected chi connectivity index (χ2v) is 8.09. The molecule has 2 aromatic rings. The molecule has 0 spiro atoms. The molecule has 1 aromatic heterocycles. The average molecular weight is 434 g/mol. The van der Waals surface area contributed by atoms with Crippen LogP contribution in [0.25, 0.3) is 11.3 Å². The first kappa shape index (κ1) is 21.1. The SMILES string of the molecule is Cn1ncc(Cl)c1-c1cc(NC(=O)CNC2CC2)ccc1OCCN1CCOCC1. The summed E-state index contributed by atoms with van der Waals surface area (Å²) in [5, 5.41) is 11.0. The molecular formula is C21H28ClN5O3. The molecule has 1 saturated carbocycles. The van der Waals surface area contributed by atoms with Crippen molar-refractivity contribution in [3.05, 3.63) is 29.4 Å². The van der Waals surface area contributed by atoms with Gasteiger partial charge in [0.25, 0.3) is 0 Å². The number of benzene rings is 1. The summed E-state index contributed by atoms with van der Waals surface area (Å²) in [5.74, 6) is 0.646. The highest BCUT2D eigenvalue weighted by atomic mass is 35.5. The van der Waals surface area contributed by atoms with Gasteiger partial charge in [-0.05, 0) is 31.0 Å². The van der Waals surface area contributed by atoms with Gasteiger partial charge in [-0.2, -0.15) is 5.10 Å². The quantitative estimate of drug-likeness (QED) is 0.630. The van der Waals surface area contributed by atoms with Crippen molar-refractivity contribution in [2.24, 2.45) is 7.05 Å². The normalized spacial score (nSPS) is 17.1. The number of carbonyl (C=O) groups is 1. The smallest absolute Gasteiger partial charge is 0.238 e. The zero-order valence-electron chi connectivity index (χ0n) is 17.2.